The quantitative estimate of drug-likeness (QED) is 0.773. The van der Waals surface area contributed by atoms with Gasteiger partial charge in [-0.3, -0.25) is 4.79 Å². The van der Waals surface area contributed by atoms with Gasteiger partial charge in [-0.15, -0.1) is 0 Å². The molecule has 1 atom stereocenters. The molecular weight excluding hydrogens is 349 g/mol. The summed E-state index contributed by atoms with van der Waals surface area (Å²) in [5, 5.41) is 5.86. The molecule has 1 aliphatic carbocycles. The van der Waals surface area contributed by atoms with Crippen LogP contribution in [0.4, 0.5) is 13.2 Å². The van der Waals surface area contributed by atoms with Gasteiger partial charge in [0.05, 0.1) is 19.8 Å². The maximum Gasteiger partial charge on any atom is 0.248 e. The second kappa shape index (κ2) is 7.73. The molecule has 1 heterocycles. The molecule has 1 aliphatic heterocycles. The number of ether oxygens (including phenoxy) is 2. The van der Waals surface area contributed by atoms with E-state index in [4.69, 9.17) is 9.47 Å². The molecule has 2 N–H and O–H groups in total. The monoisotopic (exact) mass is 372 g/mol. The van der Waals surface area contributed by atoms with Crippen molar-refractivity contribution in [2.45, 2.75) is 44.2 Å². The number of halogens is 3. The molecule has 1 unspecified atom stereocenters. The van der Waals surface area contributed by atoms with Gasteiger partial charge in [0.15, 0.2) is 11.6 Å². The van der Waals surface area contributed by atoms with Crippen LogP contribution < -0.4 is 20.1 Å². The van der Waals surface area contributed by atoms with Gasteiger partial charge in [0.1, 0.15) is 5.75 Å². The molecule has 3 rings (SSSR count). The number of benzene rings is 1. The van der Waals surface area contributed by atoms with Gasteiger partial charge in [0.25, 0.3) is 0 Å². The fourth-order valence-electron chi connectivity index (χ4n) is 3.34. The summed E-state index contributed by atoms with van der Waals surface area (Å²) in [5.41, 5.74) is 0.485. The predicted molar refractivity (Wildman–Crippen MR) is 89.0 cm³/mol. The molecule has 1 aromatic rings. The topological polar surface area (TPSA) is 59.6 Å². The van der Waals surface area contributed by atoms with Crippen LogP contribution >= 0.6 is 0 Å². The van der Waals surface area contributed by atoms with E-state index in [1.54, 1.807) is 0 Å². The second-order valence-corrected chi connectivity index (χ2v) is 6.90. The molecule has 1 aromatic carbocycles. The predicted octanol–water partition coefficient (Wildman–Crippen LogP) is 2.63. The first-order chi connectivity index (χ1) is 12.4. The van der Waals surface area contributed by atoms with Crippen LogP contribution in [0.15, 0.2) is 12.1 Å². The van der Waals surface area contributed by atoms with Crippen LogP contribution in [-0.2, 0) is 11.3 Å². The maximum absolute atomic E-state index is 14.3. The molecule has 1 saturated carbocycles. The highest BCUT2D eigenvalue weighted by Crippen LogP contribution is 2.42. The van der Waals surface area contributed by atoms with Gasteiger partial charge >= 0.3 is 0 Å². The number of carbonyl (C=O) groups excluding carboxylic acids is 1. The van der Waals surface area contributed by atoms with E-state index in [-0.39, 0.29) is 49.6 Å². The number of hydrogen-bond acceptors (Lipinski definition) is 4. The van der Waals surface area contributed by atoms with Gasteiger partial charge in [-0.05, 0) is 25.5 Å². The van der Waals surface area contributed by atoms with E-state index in [0.29, 0.717) is 11.3 Å². The van der Waals surface area contributed by atoms with E-state index in [1.165, 1.54) is 19.2 Å². The number of amides is 1. The Labute approximate surface area is 150 Å². The minimum atomic E-state index is -2.62. The van der Waals surface area contributed by atoms with Crippen LogP contribution in [0.25, 0.3) is 0 Å². The summed E-state index contributed by atoms with van der Waals surface area (Å²) >= 11 is 0. The van der Waals surface area contributed by atoms with Crippen LogP contribution in [0.2, 0.25) is 0 Å². The van der Waals surface area contributed by atoms with E-state index in [2.05, 4.69) is 10.6 Å². The van der Waals surface area contributed by atoms with E-state index in [0.717, 1.165) is 19.4 Å². The average molecular weight is 372 g/mol. The Morgan fingerprint density at radius 2 is 2.12 bits per heavy atom. The summed E-state index contributed by atoms with van der Waals surface area (Å²) in [4.78, 5) is 12.0. The molecule has 2 fully saturated rings. The summed E-state index contributed by atoms with van der Waals surface area (Å²) in [6.45, 7) is 0.986. The van der Waals surface area contributed by atoms with E-state index >= 15 is 0 Å². The van der Waals surface area contributed by atoms with Crippen LogP contribution in [0.3, 0.4) is 0 Å². The van der Waals surface area contributed by atoms with Crippen molar-refractivity contribution in [3.8, 4) is 11.5 Å². The van der Waals surface area contributed by atoms with E-state index in [1.807, 2.05) is 0 Å². The maximum atomic E-state index is 14.3. The smallest absolute Gasteiger partial charge is 0.248 e. The Kier molecular flexibility index (Phi) is 5.60. The number of hydrogen-bond donors (Lipinski definition) is 2. The summed E-state index contributed by atoms with van der Waals surface area (Å²) in [6, 6.07) is 2.42. The van der Waals surface area contributed by atoms with Gasteiger partial charge in [-0.2, -0.15) is 0 Å². The highest BCUT2D eigenvalue weighted by Gasteiger charge is 2.45. The molecule has 26 heavy (non-hydrogen) atoms. The largest absolute Gasteiger partial charge is 0.496 e. The highest BCUT2D eigenvalue weighted by molar-refractivity contribution is 5.82. The molecule has 144 valence electrons. The summed E-state index contributed by atoms with van der Waals surface area (Å²) in [7, 11) is 1.44. The van der Waals surface area contributed by atoms with Crippen molar-refractivity contribution < 1.29 is 27.4 Å². The summed E-state index contributed by atoms with van der Waals surface area (Å²) in [6.07, 6.45) is 1.27. The Morgan fingerprint density at radius 3 is 2.73 bits per heavy atom. The van der Waals surface area contributed by atoms with Crippen LogP contribution in [0.1, 0.15) is 31.2 Å². The van der Waals surface area contributed by atoms with Crippen molar-refractivity contribution in [2.24, 2.45) is 5.92 Å². The number of methoxy groups -OCH3 is 1. The van der Waals surface area contributed by atoms with Crippen molar-refractivity contribution in [1.29, 1.82) is 0 Å². The minimum Gasteiger partial charge on any atom is -0.496 e. The zero-order valence-electron chi connectivity index (χ0n) is 14.6. The van der Waals surface area contributed by atoms with Crippen molar-refractivity contribution in [3.05, 3.63) is 23.5 Å². The molecule has 2 aliphatic rings. The zero-order valence-corrected chi connectivity index (χ0v) is 14.6. The SMILES string of the molecule is COc1cc(OCC2CC(F)(F)C2)c(F)cc1CNC(=O)C1CCCN1. The Hall–Kier alpha value is -1.96. The van der Waals surface area contributed by atoms with E-state index in [9.17, 15) is 18.0 Å². The Morgan fingerprint density at radius 1 is 1.35 bits per heavy atom. The molecule has 0 spiro atoms. The molecule has 0 aromatic heterocycles. The molecule has 0 bridgehead atoms. The fourth-order valence-corrected chi connectivity index (χ4v) is 3.34. The third-order valence-electron chi connectivity index (χ3n) is 4.81. The lowest BCUT2D eigenvalue weighted by Gasteiger charge is -2.34. The first kappa shape index (κ1) is 18.8. The van der Waals surface area contributed by atoms with Gasteiger partial charge in [0, 0.05) is 36.9 Å². The second-order valence-electron chi connectivity index (χ2n) is 6.90. The highest BCUT2D eigenvalue weighted by atomic mass is 19.3. The number of carbonyl (C=O) groups is 1. The van der Waals surface area contributed by atoms with Crippen LogP contribution in [-0.4, -0.2) is 38.1 Å². The van der Waals surface area contributed by atoms with Crippen molar-refractivity contribution >= 4 is 5.91 Å². The van der Waals surface area contributed by atoms with Crippen molar-refractivity contribution in [2.75, 3.05) is 20.3 Å². The summed E-state index contributed by atoms with van der Waals surface area (Å²) < 4.78 is 50.5. The third kappa shape index (κ3) is 4.41. The normalized spacial score (nSPS) is 21.9. The van der Waals surface area contributed by atoms with Gasteiger partial charge in [-0.25, -0.2) is 13.2 Å². The molecule has 1 saturated heterocycles. The molecule has 5 nitrogen and oxygen atoms in total. The number of rotatable bonds is 7. The standard InChI is InChI=1S/C18H23F3N2O3/c1-25-15-6-16(26-10-11-7-18(20,21)8-11)13(19)5-12(15)9-23-17(24)14-3-2-4-22-14/h5-6,11,14,22H,2-4,7-10H2,1H3,(H,23,24). The molecular formula is C18H23F3N2O3. The van der Waals surface area contributed by atoms with Crippen LogP contribution in [0, 0.1) is 11.7 Å². The lowest BCUT2D eigenvalue weighted by atomic mass is 9.82. The van der Waals surface area contributed by atoms with Crippen molar-refractivity contribution in [1.82, 2.24) is 10.6 Å². The van der Waals surface area contributed by atoms with Gasteiger partial charge in [-0.1, -0.05) is 0 Å². The van der Waals surface area contributed by atoms with Gasteiger partial charge in [0.2, 0.25) is 11.8 Å². The third-order valence-corrected chi connectivity index (χ3v) is 4.81. The fraction of sp³-hybridized carbons (Fsp3) is 0.611. The first-order valence-corrected chi connectivity index (χ1v) is 8.76. The molecule has 1 amide bonds. The molecule has 0 radical (unpaired) electrons. The lowest BCUT2D eigenvalue weighted by molar-refractivity contribution is -0.123. The molecule has 8 heteroatoms. The van der Waals surface area contributed by atoms with Gasteiger partial charge < -0.3 is 20.1 Å². The lowest BCUT2D eigenvalue weighted by Crippen LogP contribution is -2.40. The van der Waals surface area contributed by atoms with Crippen LogP contribution in [0.5, 0.6) is 11.5 Å². The number of alkyl halides is 2. The Balaban J connectivity index is 1.58. The first-order valence-electron chi connectivity index (χ1n) is 8.76. The average Bonchev–Trinajstić information content (AvgIpc) is 3.11. The number of nitrogens with one attached hydrogen (secondary N) is 2. The summed E-state index contributed by atoms with van der Waals surface area (Å²) in [5.74, 6) is -3.30. The minimum absolute atomic E-state index is 0.0374. The zero-order chi connectivity index (χ0) is 18.7. The van der Waals surface area contributed by atoms with E-state index < -0.39 is 11.7 Å². The Bertz CT molecular complexity index is 655. The van der Waals surface area contributed by atoms with Crippen molar-refractivity contribution in [3.63, 3.8) is 0 Å².